The molecular weight excluding hydrogens is 240 g/mol. The standard InChI is InChI=1S/C15H26N2O2/c1-11-7-12(5-6-14(11)19-4)15(2,3)10-17-8-13(16)9-18/h5-7,13,17-18H,8-10,16H2,1-4H3. The molecular formula is C15H26N2O2. The molecule has 0 aliphatic heterocycles. The Hall–Kier alpha value is -1.10. The van der Waals surface area contributed by atoms with Gasteiger partial charge < -0.3 is 20.9 Å². The van der Waals surface area contributed by atoms with Crippen LogP contribution in [-0.2, 0) is 5.41 Å². The summed E-state index contributed by atoms with van der Waals surface area (Å²) in [6.45, 7) is 7.86. The fraction of sp³-hybridized carbons (Fsp3) is 0.600. The van der Waals surface area contributed by atoms with Gasteiger partial charge in [-0.3, -0.25) is 0 Å². The number of aliphatic hydroxyl groups excluding tert-OH is 1. The third kappa shape index (κ3) is 4.49. The minimum absolute atomic E-state index is 0.00616. The van der Waals surface area contributed by atoms with Gasteiger partial charge in [0.05, 0.1) is 13.7 Å². The van der Waals surface area contributed by atoms with E-state index in [-0.39, 0.29) is 18.1 Å². The van der Waals surface area contributed by atoms with Gasteiger partial charge in [0.1, 0.15) is 5.75 Å². The third-order valence-corrected chi connectivity index (χ3v) is 3.38. The van der Waals surface area contributed by atoms with E-state index in [2.05, 4.69) is 31.3 Å². The maximum Gasteiger partial charge on any atom is 0.121 e. The fourth-order valence-corrected chi connectivity index (χ4v) is 2.04. The van der Waals surface area contributed by atoms with Gasteiger partial charge in [-0.1, -0.05) is 26.0 Å². The van der Waals surface area contributed by atoms with Crippen LogP contribution in [0, 0.1) is 6.92 Å². The van der Waals surface area contributed by atoms with Crippen molar-refractivity contribution < 1.29 is 9.84 Å². The van der Waals surface area contributed by atoms with E-state index in [1.807, 2.05) is 13.0 Å². The second-order valence-electron chi connectivity index (χ2n) is 5.64. The Morgan fingerprint density at radius 2 is 2.11 bits per heavy atom. The lowest BCUT2D eigenvalue weighted by molar-refractivity contribution is 0.260. The number of hydrogen-bond acceptors (Lipinski definition) is 4. The molecule has 1 atom stereocenters. The Balaban J connectivity index is 2.68. The summed E-state index contributed by atoms with van der Waals surface area (Å²) in [5.74, 6) is 0.912. The van der Waals surface area contributed by atoms with E-state index in [0.717, 1.165) is 17.9 Å². The van der Waals surface area contributed by atoms with Gasteiger partial charge in [0.15, 0.2) is 0 Å². The summed E-state index contributed by atoms with van der Waals surface area (Å²) in [7, 11) is 1.69. The Morgan fingerprint density at radius 3 is 2.63 bits per heavy atom. The van der Waals surface area contributed by atoms with Crippen molar-refractivity contribution in [2.24, 2.45) is 5.73 Å². The van der Waals surface area contributed by atoms with Gasteiger partial charge in [0.25, 0.3) is 0 Å². The van der Waals surface area contributed by atoms with Crippen molar-refractivity contribution in [1.29, 1.82) is 0 Å². The van der Waals surface area contributed by atoms with E-state index < -0.39 is 0 Å². The van der Waals surface area contributed by atoms with E-state index in [1.165, 1.54) is 5.56 Å². The van der Waals surface area contributed by atoms with E-state index in [4.69, 9.17) is 15.6 Å². The minimum atomic E-state index is -0.201. The highest BCUT2D eigenvalue weighted by molar-refractivity contribution is 5.39. The van der Waals surface area contributed by atoms with Crippen LogP contribution >= 0.6 is 0 Å². The molecule has 0 bridgehead atoms. The highest BCUT2D eigenvalue weighted by atomic mass is 16.5. The summed E-state index contributed by atoms with van der Waals surface area (Å²) in [4.78, 5) is 0. The molecule has 1 rings (SSSR count). The van der Waals surface area contributed by atoms with Crippen molar-refractivity contribution in [3.05, 3.63) is 29.3 Å². The van der Waals surface area contributed by atoms with Crippen molar-refractivity contribution in [3.63, 3.8) is 0 Å². The van der Waals surface area contributed by atoms with Crippen LogP contribution in [0.5, 0.6) is 5.75 Å². The number of nitrogens with two attached hydrogens (primary N) is 1. The second kappa shape index (κ2) is 6.89. The molecule has 1 aromatic carbocycles. The quantitative estimate of drug-likeness (QED) is 0.693. The molecule has 0 aliphatic rings. The van der Waals surface area contributed by atoms with Crippen LogP contribution < -0.4 is 15.8 Å². The number of rotatable bonds is 7. The normalized spacial score (nSPS) is 13.4. The molecule has 0 spiro atoms. The number of aliphatic hydroxyl groups is 1. The topological polar surface area (TPSA) is 67.5 Å². The van der Waals surface area contributed by atoms with Crippen molar-refractivity contribution >= 4 is 0 Å². The number of ether oxygens (including phenoxy) is 1. The van der Waals surface area contributed by atoms with Crippen LogP contribution in [0.15, 0.2) is 18.2 Å². The largest absolute Gasteiger partial charge is 0.496 e. The van der Waals surface area contributed by atoms with E-state index in [9.17, 15) is 0 Å². The van der Waals surface area contributed by atoms with Gasteiger partial charge in [-0.15, -0.1) is 0 Å². The fourth-order valence-electron chi connectivity index (χ4n) is 2.04. The predicted molar refractivity (Wildman–Crippen MR) is 78.7 cm³/mol. The minimum Gasteiger partial charge on any atom is -0.496 e. The molecule has 1 unspecified atom stereocenters. The predicted octanol–water partition coefficient (Wildman–Crippen LogP) is 1.19. The third-order valence-electron chi connectivity index (χ3n) is 3.38. The molecule has 0 aromatic heterocycles. The Morgan fingerprint density at radius 1 is 1.42 bits per heavy atom. The SMILES string of the molecule is COc1ccc(C(C)(C)CNCC(N)CO)cc1C. The van der Waals surface area contributed by atoms with E-state index in [0.29, 0.717) is 6.54 Å². The lowest BCUT2D eigenvalue weighted by Gasteiger charge is -2.27. The highest BCUT2D eigenvalue weighted by Gasteiger charge is 2.21. The molecule has 0 aliphatic carbocycles. The zero-order chi connectivity index (χ0) is 14.5. The van der Waals surface area contributed by atoms with Crippen LogP contribution in [-0.4, -0.2) is 38.0 Å². The average Bonchev–Trinajstić information content (AvgIpc) is 2.38. The van der Waals surface area contributed by atoms with Crippen LogP contribution in [0.1, 0.15) is 25.0 Å². The van der Waals surface area contributed by atoms with Crippen LogP contribution in [0.2, 0.25) is 0 Å². The average molecular weight is 266 g/mol. The van der Waals surface area contributed by atoms with Gasteiger partial charge in [-0.05, 0) is 24.1 Å². The maximum absolute atomic E-state index is 8.90. The molecule has 4 heteroatoms. The van der Waals surface area contributed by atoms with E-state index in [1.54, 1.807) is 7.11 Å². The van der Waals surface area contributed by atoms with Crippen molar-refractivity contribution in [2.45, 2.75) is 32.2 Å². The smallest absolute Gasteiger partial charge is 0.121 e. The van der Waals surface area contributed by atoms with Crippen molar-refractivity contribution in [3.8, 4) is 5.75 Å². The zero-order valence-corrected chi connectivity index (χ0v) is 12.4. The summed E-state index contributed by atoms with van der Waals surface area (Å²) >= 11 is 0. The summed E-state index contributed by atoms with van der Waals surface area (Å²) in [5, 5.41) is 12.2. The molecule has 0 amide bonds. The molecule has 0 saturated heterocycles. The monoisotopic (exact) mass is 266 g/mol. The molecule has 19 heavy (non-hydrogen) atoms. The van der Waals surface area contributed by atoms with Crippen LogP contribution in [0.4, 0.5) is 0 Å². The summed E-state index contributed by atoms with van der Waals surface area (Å²) in [6, 6.07) is 6.06. The van der Waals surface area contributed by atoms with Gasteiger partial charge in [0.2, 0.25) is 0 Å². The first kappa shape index (κ1) is 16.0. The molecule has 1 aromatic rings. The lowest BCUT2D eigenvalue weighted by Crippen LogP contribution is -2.41. The summed E-state index contributed by atoms with van der Waals surface area (Å²) in [5.41, 5.74) is 8.08. The summed E-state index contributed by atoms with van der Waals surface area (Å²) < 4.78 is 5.28. The van der Waals surface area contributed by atoms with Gasteiger partial charge in [-0.25, -0.2) is 0 Å². The van der Waals surface area contributed by atoms with E-state index >= 15 is 0 Å². The molecule has 0 radical (unpaired) electrons. The molecule has 0 heterocycles. The Bertz CT molecular complexity index is 405. The number of methoxy groups -OCH3 is 1. The second-order valence-corrected chi connectivity index (χ2v) is 5.64. The maximum atomic E-state index is 8.90. The molecule has 4 N–H and O–H groups in total. The molecule has 0 saturated carbocycles. The van der Waals surface area contributed by atoms with Crippen molar-refractivity contribution in [1.82, 2.24) is 5.32 Å². The first-order chi connectivity index (χ1) is 8.90. The summed E-state index contributed by atoms with van der Waals surface area (Å²) in [6.07, 6.45) is 0. The first-order valence-electron chi connectivity index (χ1n) is 6.63. The number of aryl methyl sites for hydroxylation is 1. The molecule has 4 nitrogen and oxygen atoms in total. The van der Waals surface area contributed by atoms with Gasteiger partial charge in [0, 0.05) is 24.5 Å². The molecule has 0 fully saturated rings. The lowest BCUT2D eigenvalue weighted by atomic mass is 9.83. The molecule has 108 valence electrons. The van der Waals surface area contributed by atoms with Crippen molar-refractivity contribution in [2.75, 3.05) is 26.8 Å². The highest BCUT2D eigenvalue weighted by Crippen LogP contribution is 2.27. The first-order valence-corrected chi connectivity index (χ1v) is 6.63. The van der Waals surface area contributed by atoms with Gasteiger partial charge >= 0.3 is 0 Å². The van der Waals surface area contributed by atoms with Gasteiger partial charge in [-0.2, -0.15) is 0 Å². The Kier molecular flexibility index (Phi) is 5.79. The number of benzene rings is 1. The number of hydrogen-bond donors (Lipinski definition) is 3. The zero-order valence-electron chi connectivity index (χ0n) is 12.4. The van der Waals surface area contributed by atoms with Crippen LogP contribution in [0.3, 0.4) is 0 Å². The number of nitrogens with one attached hydrogen (secondary N) is 1. The Labute approximate surface area is 116 Å². The van der Waals surface area contributed by atoms with Crippen LogP contribution in [0.25, 0.3) is 0 Å².